The molecule has 1 aromatic heterocycles. The minimum atomic E-state index is -1.11. The van der Waals surface area contributed by atoms with Gasteiger partial charge in [0.1, 0.15) is 12.0 Å². The molecule has 0 bridgehead atoms. The first-order valence-corrected chi connectivity index (χ1v) is 5.63. The largest absolute Gasteiger partial charge is 0.481 e. The van der Waals surface area contributed by atoms with E-state index in [2.05, 4.69) is 10.3 Å². The number of anilines is 1. The number of rotatable bonds is 7. The average Bonchev–Trinajstić information content (AvgIpc) is 2.28. The number of nitrogens with zero attached hydrogens (tertiary/aromatic N) is 2. The van der Waals surface area contributed by atoms with Gasteiger partial charge in [-0.05, 0) is 12.5 Å². The van der Waals surface area contributed by atoms with Gasteiger partial charge in [-0.3, -0.25) is 14.9 Å². The second kappa shape index (κ2) is 6.53. The van der Waals surface area contributed by atoms with E-state index in [-0.39, 0.29) is 17.7 Å². The van der Waals surface area contributed by atoms with E-state index in [0.717, 1.165) is 19.0 Å². The smallest absolute Gasteiger partial charge is 0.308 e. The molecule has 0 atom stereocenters. The molecule has 98 valence electrons. The van der Waals surface area contributed by atoms with E-state index in [1.54, 1.807) is 0 Å². The summed E-state index contributed by atoms with van der Waals surface area (Å²) in [6, 6.07) is 1.42. The lowest BCUT2D eigenvalue weighted by molar-refractivity contribution is -0.385. The molecule has 7 heteroatoms. The number of unbranched alkanes of at least 4 members (excludes halogenated alkanes) is 1. The Balaban J connectivity index is 2.90. The third-order valence-corrected chi connectivity index (χ3v) is 2.34. The number of carboxylic acids is 1. The first kappa shape index (κ1) is 13.9. The average molecular weight is 253 g/mol. The summed E-state index contributed by atoms with van der Waals surface area (Å²) in [4.78, 5) is 24.6. The molecule has 0 radical (unpaired) electrons. The van der Waals surface area contributed by atoms with Gasteiger partial charge in [-0.2, -0.15) is 0 Å². The Labute approximate surface area is 104 Å². The van der Waals surface area contributed by atoms with Crippen LogP contribution in [0.3, 0.4) is 0 Å². The maximum atomic E-state index is 10.7. The molecule has 0 spiro atoms. The van der Waals surface area contributed by atoms with E-state index < -0.39 is 10.9 Å². The number of aromatic nitrogens is 1. The Morgan fingerprint density at radius 1 is 1.61 bits per heavy atom. The van der Waals surface area contributed by atoms with Crippen LogP contribution in [0.15, 0.2) is 12.3 Å². The summed E-state index contributed by atoms with van der Waals surface area (Å²) in [6.07, 6.45) is 2.67. The van der Waals surface area contributed by atoms with Gasteiger partial charge in [-0.1, -0.05) is 13.3 Å². The number of aliphatic carboxylic acids is 1. The predicted molar refractivity (Wildman–Crippen MR) is 65.6 cm³/mol. The topological polar surface area (TPSA) is 105 Å². The first-order chi connectivity index (χ1) is 8.54. The molecule has 1 heterocycles. The number of hydrogen-bond donors (Lipinski definition) is 2. The molecule has 0 saturated carbocycles. The summed E-state index contributed by atoms with van der Waals surface area (Å²) in [5.74, 6) is -0.644. The van der Waals surface area contributed by atoms with Crippen molar-refractivity contribution >= 4 is 17.5 Å². The number of nitrogens with one attached hydrogen (secondary N) is 1. The highest BCUT2D eigenvalue weighted by molar-refractivity contribution is 5.72. The fourth-order valence-electron chi connectivity index (χ4n) is 1.45. The van der Waals surface area contributed by atoms with Crippen molar-refractivity contribution in [3.8, 4) is 0 Å². The maximum Gasteiger partial charge on any atom is 0.308 e. The molecular weight excluding hydrogens is 238 g/mol. The molecular formula is C11H15N3O4. The van der Waals surface area contributed by atoms with Crippen LogP contribution in [0.25, 0.3) is 0 Å². The zero-order chi connectivity index (χ0) is 13.5. The summed E-state index contributed by atoms with van der Waals surface area (Å²) >= 11 is 0. The van der Waals surface area contributed by atoms with Gasteiger partial charge in [0.15, 0.2) is 0 Å². The van der Waals surface area contributed by atoms with E-state index >= 15 is 0 Å². The lowest BCUT2D eigenvalue weighted by atomic mass is 10.1. The third kappa shape index (κ3) is 4.00. The van der Waals surface area contributed by atoms with Crippen LogP contribution in [0.2, 0.25) is 0 Å². The second-order valence-electron chi connectivity index (χ2n) is 3.81. The number of carbonyl (C=O) groups is 1. The minimum Gasteiger partial charge on any atom is -0.481 e. The van der Waals surface area contributed by atoms with Crippen LogP contribution in [-0.4, -0.2) is 27.5 Å². The molecule has 0 saturated heterocycles. The first-order valence-electron chi connectivity index (χ1n) is 5.63. The van der Waals surface area contributed by atoms with Crippen LogP contribution in [0.5, 0.6) is 0 Å². The summed E-state index contributed by atoms with van der Waals surface area (Å²) in [6.45, 7) is 2.74. The van der Waals surface area contributed by atoms with E-state index in [0.29, 0.717) is 12.4 Å². The normalized spacial score (nSPS) is 10.1. The quantitative estimate of drug-likeness (QED) is 0.436. The zero-order valence-corrected chi connectivity index (χ0v) is 10.0. The molecule has 0 amide bonds. The molecule has 0 aromatic carbocycles. The summed E-state index contributed by atoms with van der Waals surface area (Å²) in [5.41, 5.74) is -0.111. The molecule has 0 aliphatic heterocycles. The van der Waals surface area contributed by atoms with Crippen LogP contribution >= 0.6 is 0 Å². The molecule has 0 unspecified atom stereocenters. The van der Waals surface area contributed by atoms with Crippen LogP contribution in [0, 0.1) is 10.1 Å². The van der Waals surface area contributed by atoms with E-state index in [1.807, 2.05) is 6.92 Å². The van der Waals surface area contributed by atoms with Gasteiger partial charge < -0.3 is 10.4 Å². The third-order valence-electron chi connectivity index (χ3n) is 2.34. The fourth-order valence-corrected chi connectivity index (χ4v) is 1.45. The Kier molecular flexibility index (Phi) is 5.04. The summed E-state index contributed by atoms with van der Waals surface area (Å²) in [7, 11) is 0. The van der Waals surface area contributed by atoms with Crippen molar-refractivity contribution in [2.75, 3.05) is 11.9 Å². The predicted octanol–water partition coefficient (Wildman–Crippen LogP) is 1.83. The minimum absolute atomic E-state index is 0.154. The van der Waals surface area contributed by atoms with Crippen LogP contribution < -0.4 is 5.32 Å². The Bertz CT molecular complexity index is 448. The lowest BCUT2D eigenvalue weighted by Gasteiger charge is -2.06. The monoisotopic (exact) mass is 253 g/mol. The van der Waals surface area contributed by atoms with Crippen molar-refractivity contribution in [2.45, 2.75) is 26.2 Å². The second-order valence-corrected chi connectivity index (χ2v) is 3.81. The molecule has 2 N–H and O–H groups in total. The maximum absolute atomic E-state index is 10.7. The Morgan fingerprint density at radius 2 is 2.33 bits per heavy atom. The highest BCUT2D eigenvalue weighted by Gasteiger charge is 2.17. The number of nitro groups is 1. The molecule has 1 rings (SSSR count). The molecule has 7 nitrogen and oxygen atoms in total. The van der Waals surface area contributed by atoms with Gasteiger partial charge in [0.2, 0.25) is 0 Å². The fraction of sp³-hybridized carbons (Fsp3) is 0.455. The van der Waals surface area contributed by atoms with Crippen molar-refractivity contribution in [3.63, 3.8) is 0 Å². The SMILES string of the molecule is CCCCNc1cc(CC(=O)O)c([N+](=O)[O-])cn1. The van der Waals surface area contributed by atoms with Gasteiger partial charge >= 0.3 is 5.97 Å². The molecule has 18 heavy (non-hydrogen) atoms. The number of hydrogen-bond acceptors (Lipinski definition) is 5. The molecule has 1 aromatic rings. The van der Waals surface area contributed by atoms with Crippen LogP contribution in [-0.2, 0) is 11.2 Å². The molecule has 0 aliphatic rings. The van der Waals surface area contributed by atoms with Crippen LogP contribution in [0.4, 0.5) is 11.5 Å². The van der Waals surface area contributed by atoms with Crippen molar-refractivity contribution in [2.24, 2.45) is 0 Å². The number of carboxylic acid groups (broad SMARTS) is 1. The lowest BCUT2D eigenvalue weighted by Crippen LogP contribution is -2.08. The van der Waals surface area contributed by atoms with E-state index in [9.17, 15) is 14.9 Å². The highest BCUT2D eigenvalue weighted by atomic mass is 16.6. The van der Waals surface area contributed by atoms with Crippen molar-refractivity contribution in [1.82, 2.24) is 4.98 Å². The van der Waals surface area contributed by atoms with Gasteiger partial charge in [-0.15, -0.1) is 0 Å². The zero-order valence-electron chi connectivity index (χ0n) is 10.0. The molecule has 0 aliphatic carbocycles. The van der Waals surface area contributed by atoms with Gasteiger partial charge in [0, 0.05) is 12.1 Å². The van der Waals surface area contributed by atoms with Gasteiger partial charge in [0.05, 0.1) is 11.3 Å². The van der Waals surface area contributed by atoms with Crippen molar-refractivity contribution in [1.29, 1.82) is 0 Å². The number of pyridine rings is 1. The standard InChI is InChI=1S/C11H15N3O4/c1-2-3-4-12-10-5-8(6-11(15)16)9(7-13-10)14(17)18/h5,7H,2-4,6H2,1H3,(H,12,13)(H,15,16). The summed E-state index contributed by atoms with van der Waals surface area (Å²) < 4.78 is 0. The van der Waals surface area contributed by atoms with E-state index in [4.69, 9.17) is 5.11 Å². The summed E-state index contributed by atoms with van der Waals surface area (Å²) in [5, 5.41) is 22.4. The van der Waals surface area contributed by atoms with Gasteiger partial charge in [0.25, 0.3) is 5.69 Å². The van der Waals surface area contributed by atoms with Crippen LogP contribution in [0.1, 0.15) is 25.3 Å². The van der Waals surface area contributed by atoms with Crippen molar-refractivity contribution in [3.05, 3.63) is 27.9 Å². The Hall–Kier alpha value is -2.18. The highest BCUT2D eigenvalue weighted by Crippen LogP contribution is 2.20. The Morgan fingerprint density at radius 3 is 2.89 bits per heavy atom. The molecule has 0 fully saturated rings. The van der Waals surface area contributed by atoms with Crippen molar-refractivity contribution < 1.29 is 14.8 Å². The van der Waals surface area contributed by atoms with E-state index in [1.165, 1.54) is 6.07 Å². The van der Waals surface area contributed by atoms with Gasteiger partial charge in [-0.25, -0.2) is 4.98 Å².